The van der Waals surface area contributed by atoms with Crippen molar-refractivity contribution in [1.82, 2.24) is 4.98 Å². The summed E-state index contributed by atoms with van der Waals surface area (Å²) in [6.07, 6.45) is 2.85. The van der Waals surface area contributed by atoms with Gasteiger partial charge < -0.3 is 5.73 Å². The van der Waals surface area contributed by atoms with Crippen LogP contribution in [0.1, 0.15) is 36.1 Å². The molecule has 0 unspecified atom stereocenters. The number of pyridine rings is 1. The Kier molecular flexibility index (Phi) is 5.00. The summed E-state index contributed by atoms with van der Waals surface area (Å²) in [5.74, 6) is 0.952. The molecule has 0 amide bonds. The van der Waals surface area contributed by atoms with Crippen LogP contribution in [0.4, 0.5) is 0 Å². The molecule has 2 N–H and O–H groups in total. The highest BCUT2D eigenvalue weighted by atomic mass is 32.2. The molecule has 1 aromatic carbocycles. The average molecular weight is 272 g/mol. The molecule has 0 radical (unpaired) electrons. The number of hydrogen-bond donors (Lipinski definition) is 1. The van der Waals surface area contributed by atoms with Crippen LogP contribution in [0.2, 0.25) is 0 Å². The second kappa shape index (κ2) is 6.73. The maximum absolute atomic E-state index is 6.03. The molecular weight excluding hydrogens is 252 g/mol. The first-order chi connectivity index (χ1) is 9.20. The normalized spacial score (nSPS) is 12.4. The Balaban J connectivity index is 2.05. The van der Waals surface area contributed by atoms with E-state index >= 15 is 0 Å². The van der Waals surface area contributed by atoms with Gasteiger partial charge in [0.2, 0.25) is 0 Å². The summed E-state index contributed by atoms with van der Waals surface area (Å²) in [4.78, 5) is 4.55. The highest BCUT2D eigenvalue weighted by molar-refractivity contribution is 7.98. The van der Waals surface area contributed by atoms with E-state index in [4.69, 9.17) is 5.73 Å². The van der Waals surface area contributed by atoms with Gasteiger partial charge in [0, 0.05) is 18.0 Å². The van der Waals surface area contributed by atoms with Crippen molar-refractivity contribution >= 4 is 11.8 Å². The number of nitrogens with two attached hydrogens (primary N) is 1. The number of rotatable bonds is 5. The van der Waals surface area contributed by atoms with Gasteiger partial charge in [-0.15, -0.1) is 11.8 Å². The fraction of sp³-hybridized carbons (Fsp3) is 0.312. The second-order valence-electron chi connectivity index (χ2n) is 4.68. The van der Waals surface area contributed by atoms with Gasteiger partial charge in [-0.05, 0) is 30.0 Å². The highest BCUT2D eigenvalue weighted by Crippen LogP contribution is 2.26. The maximum atomic E-state index is 6.03. The predicted octanol–water partition coefficient (Wildman–Crippen LogP) is 4.09. The van der Waals surface area contributed by atoms with E-state index in [-0.39, 0.29) is 6.04 Å². The van der Waals surface area contributed by atoms with Gasteiger partial charge in [0.25, 0.3) is 0 Å². The van der Waals surface area contributed by atoms with Gasteiger partial charge >= 0.3 is 0 Å². The summed E-state index contributed by atoms with van der Waals surface area (Å²) in [7, 11) is 0. The number of hydrogen-bond acceptors (Lipinski definition) is 3. The van der Waals surface area contributed by atoms with Crippen molar-refractivity contribution < 1.29 is 0 Å². The lowest BCUT2D eigenvalue weighted by molar-refractivity contribution is 0.691. The van der Waals surface area contributed by atoms with Crippen molar-refractivity contribution in [3.63, 3.8) is 0 Å². The molecule has 1 aromatic heterocycles. The van der Waals surface area contributed by atoms with E-state index < -0.39 is 0 Å². The molecule has 0 fully saturated rings. The number of aromatic nitrogens is 1. The van der Waals surface area contributed by atoms with Gasteiger partial charge in [-0.3, -0.25) is 0 Å². The number of aryl methyl sites for hydroxylation is 1. The third-order valence-electron chi connectivity index (χ3n) is 3.14. The minimum absolute atomic E-state index is 0.0966. The molecular formula is C16H20N2S. The fourth-order valence-corrected chi connectivity index (χ4v) is 2.81. The molecule has 1 atom stereocenters. The smallest absolute Gasteiger partial charge is 0.0992 e. The Bertz CT molecular complexity index is 526. The van der Waals surface area contributed by atoms with Crippen LogP contribution in [0.3, 0.4) is 0 Å². The van der Waals surface area contributed by atoms with E-state index in [0.717, 1.165) is 22.8 Å². The molecule has 0 aliphatic rings. The van der Waals surface area contributed by atoms with Crippen LogP contribution in [0.5, 0.6) is 0 Å². The van der Waals surface area contributed by atoms with E-state index in [2.05, 4.69) is 49.2 Å². The molecule has 19 heavy (non-hydrogen) atoms. The van der Waals surface area contributed by atoms with Crippen molar-refractivity contribution in [2.75, 3.05) is 0 Å². The van der Waals surface area contributed by atoms with Gasteiger partial charge in [-0.2, -0.15) is 0 Å². The summed E-state index contributed by atoms with van der Waals surface area (Å²) >= 11 is 1.78. The van der Waals surface area contributed by atoms with Crippen LogP contribution in [-0.2, 0) is 5.75 Å². The lowest BCUT2D eigenvalue weighted by Gasteiger charge is -2.11. The van der Waals surface area contributed by atoms with E-state index in [0.29, 0.717) is 0 Å². The minimum Gasteiger partial charge on any atom is -0.324 e. The molecule has 0 aliphatic carbocycles. The zero-order valence-corrected chi connectivity index (χ0v) is 12.3. The van der Waals surface area contributed by atoms with Crippen LogP contribution in [-0.4, -0.2) is 4.98 Å². The maximum Gasteiger partial charge on any atom is 0.0992 e. The third kappa shape index (κ3) is 3.82. The van der Waals surface area contributed by atoms with E-state index in [1.54, 1.807) is 11.8 Å². The standard InChI is InChI=1S/C16H20N2S/c1-3-15(17)14-9-12(2)16(18-10-14)19-11-13-7-5-4-6-8-13/h4-10,15H,3,11,17H2,1-2H3/t15-/m1/s1. The SMILES string of the molecule is CC[C@@H](N)c1cnc(SCc2ccccc2)c(C)c1. The van der Waals surface area contributed by atoms with E-state index in [9.17, 15) is 0 Å². The molecule has 1 heterocycles. The van der Waals surface area contributed by atoms with Crippen molar-refractivity contribution in [2.45, 2.75) is 37.1 Å². The van der Waals surface area contributed by atoms with Gasteiger partial charge in [-0.1, -0.05) is 43.3 Å². The Labute approximate surface area is 119 Å². The van der Waals surface area contributed by atoms with Crippen LogP contribution in [0.25, 0.3) is 0 Å². The van der Waals surface area contributed by atoms with Crippen LogP contribution >= 0.6 is 11.8 Å². The predicted molar refractivity (Wildman–Crippen MR) is 82.2 cm³/mol. The second-order valence-corrected chi connectivity index (χ2v) is 5.64. The number of benzene rings is 1. The van der Waals surface area contributed by atoms with Crippen LogP contribution in [0, 0.1) is 6.92 Å². The zero-order valence-electron chi connectivity index (χ0n) is 11.5. The summed E-state index contributed by atoms with van der Waals surface area (Å²) in [5.41, 5.74) is 9.69. The Morgan fingerprint density at radius 1 is 1.26 bits per heavy atom. The minimum atomic E-state index is 0.0966. The summed E-state index contributed by atoms with van der Waals surface area (Å²) < 4.78 is 0. The molecule has 0 bridgehead atoms. The topological polar surface area (TPSA) is 38.9 Å². The van der Waals surface area contributed by atoms with Crippen molar-refractivity contribution in [1.29, 1.82) is 0 Å². The summed E-state index contributed by atoms with van der Waals surface area (Å²) in [6.45, 7) is 4.20. The van der Waals surface area contributed by atoms with Gasteiger partial charge in [0.1, 0.15) is 0 Å². The molecule has 0 aliphatic heterocycles. The number of nitrogens with zero attached hydrogens (tertiary/aromatic N) is 1. The Morgan fingerprint density at radius 3 is 2.63 bits per heavy atom. The fourth-order valence-electron chi connectivity index (χ4n) is 1.90. The zero-order chi connectivity index (χ0) is 13.7. The molecule has 2 aromatic rings. The van der Waals surface area contributed by atoms with Crippen molar-refractivity contribution in [2.24, 2.45) is 5.73 Å². The Hall–Kier alpha value is -1.32. The molecule has 0 saturated heterocycles. The highest BCUT2D eigenvalue weighted by Gasteiger charge is 2.07. The first-order valence-corrected chi connectivity index (χ1v) is 7.58. The first kappa shape index (κ1) is 14.1. The number of thioether (sulfide) groups is 1. The Morgan fingerprint density at radius 2 is 2.00 bits per heavy atom. The van der Waals surface area contributed by atoms with Crippen LogP contribution in [0.15, 0.2) is 47.6 Å². The van der Waals surface area contributed by atoms with Gasteiger partial charge in [0.15, 0.2) is 0 Å². The van der Waals surface area contributed by atoms with Gasteiger partial charge in [-0.25, -0.2) is 4.98 Å². The lowest BCUT2D eigenvalue weighted by Crippen LogP contribution is -2.09. The molecule has 0 spiro atoms. The molecule has 100 valence electrons. The first-order valence-electron chi connectivity index (χ1n) is 6.59. The van der Waals surface area contributed by atoms with Crippen molar-refractivity contribution in [3.8, 4) is 0 Å². The largest absolute Gasteiger partial charge is 0.324 e. The van der Waals surface area contributed by atoms with Crippen LogP contribution < -0.4 is 5.73 Å². The quantitative estimate of drug-likeness (QED) is 0.833. The summed E-state index contributed by atoms with van der Waals surface area (Å²) in [5, 5.41) is 1.09. The van der Waals surface area contributed by atoms with Crippen molar-refractivity contribution in [3.05, 3.63) is 59.3 Å². The molecule has 2 rings (SSSR count). The molecule has 3 heteroatoms. The van der Waals surface area contributed by atoms with E-state index in [1.165, 1.54) is 11.1 Å². The monoisotopic (exact) mass is 272 g/mol. The molecule has 0 saturated carbocycles. The average Bonchev–Trinajstić information content (AvgIpc) is 2.46. The van der Waals surface area contributed by atoms with Gasteiger partial charge in [0.05, 0.1) is 5.03 Å². The summed E-state index contributed by atoms with van der Waals surface area (Å²) in [6, 6.07) is 12.7. The van der Waals surface area contributed by atoms with E-state index in [1.807, 2.05) is 12.3 Å². The third-order valence-corrected chi connectivity index (χ3v) is 4.32. The lowest BCUT2D eigenvalue weighted by atomic mass is 10.1. The molecule has 2 nitrogen and oxygen atoms in total.